The Morgan fingerprint density at radius 2 is 2.00 bits per heavy atom. The first-order chi connectivity index (χ1) is 14.1. The largest absolute Gasteiger partial charge is 0.354 e. The van der Waals surface area contributed by atoms with Crippen molar-refractivity contribution in [3.05, 3.63) is 66.4 Å². The Morgan fingerprint density at radius 3 is 2.86 bits per heavy atom. The molecule has 2 aromatic carbocycles. The second kappa shape index (κ2) is 7.33. The van der Waals surface area contributed by atoms with Gasteiger partial charge in [0.15, 0.2) is 0 Å². The topological polar surface area (TPSA) is 61.0 Å². The van der Waals surface area contributed by atoms with E-state index in [-0.39, 0.29) is 11.9 Å². The van der Waals surface area contributed by atoms with Crippen LogP contribution < -0.4 is 5.32 Å². The van der Waals surface area contributed by atoms with Gasteiger partial charge in [-0.1, -0.05) is 24.3 Å². The van der Waals surface area contributed by atoms with Gasteiger partial charge in [-0.15, -0.1) is 0 Å². The molecular weight excluding hydrogens is 360 g/mol. The number of aromatic nitrogens is 2. The van der Waals surface area contributed by atoms with Crippen molar-refractivity contribution in [3.8, 4) is 11.3 Å². The molecular formula is C24H24N4O. The molecule has 29 heavy (non-hydrogen) atoms. The summed E-state index contributed by atoms with van der Waals surface area (Å²) < 4.78 is 0. The van der Waals surface area contributed by atoms with Crippen molar-refractivity contribution in [1.82, 2.24) is 20.2 Å². The van der Waals surface area contributed by atoms with Crippen LogP contribution in [0.25, 0.3) is 33.1 Å². The van der Waals surface area contributed by atoms with Crippen LogP contribution in [0.1, 0.15) is 18.4 Å². The molecule has 4 aromatic rings. The van der Waals surface area contributed by atoms with E-state index in [0.29, 0.717) is 6.42 Å². The molecule has 0 radical (unpaired) electrons. The van der Waals surface area contributed by atoms with E-state index in [2.05, 4.69) is 63.6 Å². The van der Waals surface area contributed by atoms with Gasteiger partial charge in [-0.3, -0.25) is 9.78 Å². The SMILES string of the molecule is CN(Cc1ccc2[nH]c(-c3cnc4ccccc4c3)cc2c1)CC1CCC(=O)N1. The summed E-state index contributed by atoms with van der Waals surface area (Å²) in [5.74, 6) is 0.174. The molecule has 0 spiro atoms. The van der Waals surface area contributed by atoms with Gasteiger partial charge in [-0.2, -0.15) is 0 Å². The summed E-state index contributed by atoms with van der Waals surface area (Å²) in [6.45, 7) is 1.74. The summed E-state index contributed by atoms with van der Waals surface area (Å²) >= 11 is 0. The number of hydrogen-bond acceptors (Lipinski definition) is 3. The molecule has 3 heterocycles. The first-order valence-electron chi connectivity index (χ1n) is 10.1. The summed E-state index contributed by atoms with van der Waals surface area (Å²) in [6, 6.07) is 19.4. The highest BCUT2D eigenvalue weighted by Crippen LogP contribution is 2.27. The van der Waals surface area contributed by atoms with Gasteiger partial charge in [0, 0.05) is 59.3 Å². The van der Waals surface area contributed by atoms with Gasteiger partial charge in [0.2, 0.25) is 5.91 Å². The van der Waals surface area contributed by atoms with Crippen molar-refractivity contribution >= 4 is 27.7 Å². The lowest BCUT2D eigenvalue weighted by molar-refractivity contribution is -0.119. The summed E-state index contributed by atoms with van der Waals surface area (Å²) in [7, 11) is 2.11. The molecule has 1 aliphatic rings. The normalized spacial score (nSPS) is 16.8. The molecule has 1 fully saturated rings. The van der Waals surface area contributed by atoms with Gasteiger partial charge < -0.3 is 15.2 Å². The smallest absolute Gasteiger partial charge is 0.220 e. The van der Waals surface area contributed by atoms with Crippen LogP contribution in [0.2, 0.25) is 0 Å². The Morgan fingerprint density at radius 1 is 1.10 bits per heavy atom. The minimum Gasteiger partial charge on any atom is -0.354 e. The average Bonchev–Trinajstić information content (AvgIpc) is 3.33. The maximum Gasteiger partial charge on any atom is 0.220 e. The van der Waals surface area contributed by atoms with Crippen molar-refractivity contribution in [3.63, 3.8) is 0 Å². The van der Waals surface area contributed by atoms with Crippen LogP contribution in [0.3, 0.4) is 0 Å². The molecule has 1 atom stereocenters. The van der Waals surface area contributed by atoms with Crippen molar-refractivity contribution in [2.24, 2.45) is 0 Å². The molecule has 5 heteroatoms. The number of fused-ring (bicyclic) bond motifs is 2. The standard InChI is InChI=1S/C24H24N4O/c1-28(15-20-7-9-24(29)26-20)14-16-6-8-22-18(10-16)12-23(27-22)19-11-17-4-2-3-5-21(17)25-13-19/h2-6,8,10-13,20,27H,7,9,14-15H2,1H3,(H,26,29). The van der Waals surface area contributed by atoms with E-state index in [1.807, 2.05) is 24.4 Å². The highest BCUT2D eigenvalue weighted by molar-refractivity contribution is 5.89. The van der Waals surface area contributed by atoms with Crippen molar-refractivity contribution < 1.29 is 4.79 Å². The number of H-pyrrole nitrogens is 1. The lowest BCUT2D eigenvalue weighted by Gasteiger charge is -2.20. The van der Waals surface area contributed by atoms with E-state index in [1.165, 1.54) is 10.9 Å². The molecule has 1 unspecified atom stereocenters. The monoisotopic (exact) mass is 384 g/mol. The maximum atomic E-state index is 11.4. The third kappa shape index (κ3) is 3.74. The fraction of sp³-hybridized carbons (Fsp3) is 0.250. The average molecular weight is 384 g/mol. The molecule has 5 nitrogen and oxygen atoms in total. The second-order valence-corrected chi connectivity index (χ2v) is 8.02. The molecule has 2 N–H and O–H groups in total. The van der Waals surface area contributed by atoms with Crippen molar-refractivity contribution in [2.75, 3.05) is 13.6 Å². The van der Waals surface area contributed by atoms with Crippen LogP contribution in [0.4, 0.5) is 0 Å². The highest BCUT2D eigenvalue weighted by Gasteiger charge is 2.21. The number of hydrogen-bond donors (Lipinski definition) is 2. The van der Waals surface area contributed by atoms with Crippen LogP contribution in [0.15, 0.2) is 60.8 Å². The van der Waals surface area contributed by atoms with Gasteiger partial charge in [0.25, 0.3) is 0 Å². The molecule has 5 rings (SSSR count). The molecule has 0 saturated carbocycles. The fourth-order valence-electron chi connectivity index (χ4n) is 4.22. The molecule has 146 valence electrons. The predicted octanol–water partition coefficient (Wildman–Crippen LogP) is 4.09. The third-order valence-corrected chi connectivity index (χ3v) is 5.66. The lowest BCUT2D eigenvalue weighted by atomic mass is 10.1. The molecule has 1 amide bonds. The Hall–Kier alpha value is -3.18. The fourth-order valence-corrected chi connectivity index (χ4v) is 4.22. The summed E-state index contributed by atoms with van der Waals surface area (Å²) in [4.78, 5) is 21.8. The van der Waals surface area contributed by atoms with Crippen molar-refractivity contribution in [1.29, 1.82) is 0 Å². The Balaban J connectivity index is 1.36. The number of nitrogens with zero attached hydrogens (tertiary/aromatic N) is 2. The quantitative estimate of drug-likeness (QED) is 0.545. The number of amides is 1. The van der Waals surface area contributed by atoms with Crippen LogP contribution in [0, 0.1) is 0 Å². The second-order valence-electron chi connectivity index (χ2n) is 8.02. The number of likely N-dealkylation sites (N-methyl/N-ethyl adjacent to an activating group) is 1. The maximum absolute atomic E-state index is 11.4. The number of para-hydroxylation sites is 1. The van der Waals surface area contributed by atoms with E-state index in [0.717, 1.165) is 47.2 Å². The van der Waals surface area contributed by atoms with E-state index >= 15 is 0 Å². The first-order valence-corrected chi connectivity index (χ1v) is 10.1. The molecule has 1 saturated heterocycles. The first kappa shape index (κ1) is 17.9. The summed E-state index contributed by atoms with van der Waals surface area (Å²) in [5.41, 5.74) is 5.58. The highest BCUT2D eigenvalue weighted by atomic mass is 16.1. The van der Waals surface area contributed by atoms with Gasteiger partial charge in [-0.25, -0.2) is 0 Å². The molecule has 1 aliphatic heterocycles. The third-order valence-electron chi connectivity index (χ3n) is 5.66. The Kier molecular flexibility index (Phi) is 4.52. The number of pyridine rings is 1. The zero-order valence-corrected chi connectivity index (χ0v) is 16.5. The zero-order chi connectivity index (χ0) is 19.8. The number of carbonyl (C=O) groups excluding carboxylic acids is 1. The predicted molar refractivity (Wildman–Crippen MR) is 117 cm³/mol. The molecule has 2 aromatic heterocycles. The Labute approximate surface area is 169 Å². The number of carbonyl (C=O) groups is 1. The Bertz CT molecular complexity index is 1200. The number of aromatic amines is 1. The zero-order valence-electron chi connectivity index (χ0n) is 16.5. The van der Waals surface area contributed by atoms with E-state index in [9.17, 15) is 4.79 Å². The van der Waals surface area contributed by atoms with Crippen LogP contribution >= 0.6 is 0 Å². The number of benzene rings is 2. The van der Waals surface area contributed by atoms with E-state index in [4.69, 9.17) is 0 Å². The minimum atomic E-state index is 0.174. The van der Waals surface area contributed by atoms with Crippen LogP contribution in [0.5, 0.6) is 0 Å². The lowest BCUT2D eigenvalue weighted by Crippen LogP contribution is -2.36. The van der Waals surface area contributed by atoms with E-state index < -0.39 is 0 Å². The summed E-state index contributed by atoms with van der Waals surface area (Å²) in [6.07, 6.45) is 3.51. The van der Waals surface area contributed by atoms with Crippen molar-refractivity contribution in [2.45, 2.75) is 25.4 Å². The van der Waals surface area contributed by atoms with Crippen LogP contribution in [-0.4, -0.2) is 40.4 Å². The summed E-state index contributed by atoms with van der Waals surface area (Å²) in [5, 5.41) is 5.39. The minimum absolute atomic E-state index is 0.174. The van der Waals surface area contributed by atoms with Gasteiger partial charge in [0.1, 0.15) is 0 Å². The van der Waals surface area contributed by atoms with E-state index in [1.54, 1.807) is 0 Å². The molecule has 0 aliphatic carbocycles. The van der Waals surface area contributed by atoms with Gasteiger partial charge in [0.05, 0.1) is 5.52 Å². The van der Waals surface area contributed by atoms with Gasteiger partial charge in [-0.05, 0) is 49.4 Å². The van der Waals surface area contributed by atoms with Gasteiger partial charge >= 0.3 is 0 Å². The number of rotatable bonds is 5. The molecule has 0 bridgehead atoms. The number of nitrogens with one attached hydrogen (secondary N) is 2. The van der Waals surface area contributed by atoms with Crippen LogP contribution in [-0.2, 0) is 11.3 Å².